The molecule has 5 nitrogen and oxygen atoms in total. The molecule has 0 unspecified atom stereocenters. The van der Waals surface area contributed by atoms with Crippen molar-refractivity contribution in [2.24, 2.45) is 0 Å². The predicted molar refractivity (Wildman–Crippen MR) is 89.4 cm³/mol. The minimum absolute atomic E-state index is 0. The van der Waals surface area contributed by atoms with Gasteiger partial charge in [-0.2, -0.15) is 8.78 Å². The highest BCUT2D eigenvalue weighted by molar-refractivity contribution is 6.35. The third kappa shape index (κ3) is 5.60. The molecule has 1 fully saturated rings. The highest BCUT2D eigenvalue weighted by Crippen LogP contribution is 2.33. The summed E-state index contributed by atoms with van der Waals surface area (Å²) >= 11 is 11.8. The van der Waals surface area contributed by atoms with E-state index in [1.165, 1.54) is 12.1 Å². The number of hydrogen-bond donors (Lipinski definition) is 2. The molecule has 1 aliphatic heterocycles. The number of amides is 1. The number of morpholine rings is 1. The average molecular weight is 406 g/mol. The van der Waals surface area contributed by atoms with Gasteiger partial charge in [0.2, 0.25) is 5.91 Å². The Labute approximate surface area is 154 Å². The third-order valence-corrected chi connectivity index (χ3v) is 3.84. The Morgan fingerprint density at radius 2 is 2.21 bits per heavy atom. The van der Waals surface area contributed by atoms with Crippen molar-refractivity contribution in [3.05, 3.63) is 27.7 Å². The molecule has 2 atom stereocenters. The molecule has 0 radical (unpaired) electrons. The van der Waals surface area contributed by atoms with Crippen LogP contribution in [-0.4, -0.2) is 37.8 Å². The van der Waals surface area contributed by atoms with Crippen LogP contribution in [0.2, 0.25) is 10.0 Å². The van der Waals surface area contributed by atoms with Crippen LogP contribution in [0.25, 0.3) is 0 Å². The first-order chi connectivity index (χ1) is 10.9. The summed E-state index contributed by atoms with van der Waals surface area (Å²) in [5.41, 5.74) is 0.264. The van der Waals surface area contributed by atoms with Crippen LogP contribution in [0.5, 0.6) is 5.75 Å². The van der Waals surface area contributed by atoms with Crippen molar-refractivity contribution in [3.8, 4) is 5.75 Å². The number of rotatable bonds is 5. The molecule has 2 rings (SSSR count). The molecule has 0 aliphatic carbocycles. The summed E-state index contributed by atoms with van der Waals surface area (Å²) in [6.07, 6.45) is -0.288. The Balaban J connectivity index is 0.00000288. The van der Waals surface area contributed by atoms with E-state index in [0.29, 0.717) is 13.2 Å². The zero-order valence-electron chi connectivity index (χ0n) is 12.7. The van der Waals surface area contributed by atoms with E-state index in [2.05, 4.69) is 15.4 Å². The second kappa shape index (κ2) is 9.58. The van der Waals surface area contributed by atoms with Gasteiger partial charge in [0, 0.05) is 23.7 Å². The van der Waals surface area contributed by atoms with Gasteiger partial charge in [-0.25, -0.2) is 0 Å². The van der Waals surface area contributed by atoms with Crippen molar-refractivity contribution < 1.29 is 23.0 Å². The summed E-state index contributed by atoms with van der Waals surface area (Å²) in [6.45, 7) is -0.215. The minimum atomic E-state index is -3.03. The van der Waals surface area contributed by atoms with Gasteiger partial charge >= 0.3 is 6.61 Å². The lowest BCUT2D eigenvalue weighted by molar-refractivity contribution is -0.129. The van der Waals surface area contributed by atoms with E-state index in [1.807, 2.05) is 0 Å². The van der Waals surface area contributed by atoms with Crippen LogP contribution in [0.3, 0.4) is 0 Å². The number of halogens is 5. The predicted octanol–water partition coefficient (Wildman–Crippen LogP) is 3.01. The zero-order valence-corrected chi connectivity index (χ0v) is 15.0. The van der Waals surface area contributed by atoms with E-state index in [4.69, 9.17) is 27.9 Å². The Morgan fingerprint density at radius 3 is 2.83 bits per heavy atom. The molecular formula is C14H17Cl3F2N2O3. The van der Waals surface area contributed by atoms with Crippen molar-refractivity contribution in [2.75, 3.05) is 13.2 Å². The number of carbonyl (C=O) groups is 1. The fourth-order valence-electron chi connectivity index (χ4n) is 2.29. The normalized spacial score (nSPS) is 20.4. The molecule has 0 spiro atoms. The van der Waals surface area contributed by atoms with Gasteiger partial charge in [-0.15, -0.1) is 12.4 Å². The monoisotopic (exact) mass is 404 g/mol. The molecule has 1 amide bonds. The quantitative estimate of drug-likeness (QED) is 0.791. The van der Waals surface area contributed by atoms with Gasteiger partial charge in [0.15, 0.2) is 0 Å². The first-order valence-corrected chi connectivity index (χ1v) is 7.69. The Morgan fingerprint density at radius 1 is 1.50 bits per heavy atom. The fourth-order valence-corrected chi connectivity index (χ4v) is 2.87. The second-order valence-corrected chi connectivity index (χ2v) is 5.82. The number of nitrogens with one attached hydrogen (secondary N) is 2. The summed E-state index contributed by atoms with van der Waals surface area (Å²) in [4.78, 5) is 12.2. The highest BCUT2D eigenvalue weighted by atomic mass is 35.5. The van der Waals surface area contributed by atoms with Gasteiger partial charge in [0.05, 0.1) is 17.7 Å². The van der Waals surface area contributed by atoms with Gasteiger partial charge in [-0.3, -0.25) is 4.79 Å². The summed E-state index contributed by atoms with van der Waals surface area (Å²) in [7, 11) is 0. The van der Waals surface area contributed by atoms with Gasteiger partial charge in [0.1, 0.15) is 11.8 Å². The molecule has 1 aromatic carbocycles. The van der Waals surface area contributed by atoms with Gasteiger partial charge < -0.3 is 20.1 Å². The summed E-state index contributed by atoms with van der Waals surface area (Å²) in [5.74, 6) is -0.511. The molecular weight excluding hydrogens is 389 g/mol. The number of alkyl halides is 2. The van der Waals surface area contributed by atoms with Crippen LogP contribution in [0.15, 0.2) is 12.1 Å². The third-order valence-electron chi connectivity index (χ3n) is 3.34. The van der Waals surface area contributed by atoms with E-state index in [9.17, 15) is 13.6 Å². The number of carbonyl (C=O) groups excluding carboxylic acids is 1. The second-order valence-electron chi connectivity index (χ2n) is 4.98. The van der Waals surface area contributed by atoms with Crippen molar-refractivity contribution in [2.45, 2.75) is 32.2 Å². The molecule has 0 bridgehead atoms. The standard InChI is InChI=1S/C14H16Cl2F2N2O3.ClH/c1-7-11(19-2-3-22-7)13(21)20-6-8-4-9(15)5-10(16)12(8)23-14(17)18;/h4-5,7,11,14,19H,2-3,6H2,1H3,(H,20,21);1H/t7-,11+;/m1./s1. The largest absolute Gasteiger partial charge is 0.433 e. The van der Waals surface area contributed by atoms with Crippen LogP contribution in [0, 0.1) is 0 Å². The van der Waals surface area contributed by atoms with Gasteiger partial charge in [-0.1, -0.05) is 23.2 Å². The maximum Gasteiger partial charge on any atom is 0.387 e. The van der Waals surface area contributed by atoms with E-state index < -0.39 is 12.7 Å². The summed E-state index contributed by atoms with van der Waals surface area (Å²) in [5, 5.41) is 5.89. The van der Waals surface area contributed by atoms with Crippen molar-refractivity contribution in [3.63, 3.8) is 0 Å². The smallest absolute Gasteiger partial charge is 0.387 e. The molecule has 0 aromatic heterocycles. The van der Waals surface area contributed by atoms with Crippen LogP contribution in [0.1, 0.15) is 12.5 Å². The van der Waals surface area contributed by atoms with E-state index in [-0.39, 0.29) is 52.3 Å². The Bertz CT molecular complexity index is 578. The van der Waals surface area contributed by atoms with Crippen molar-refractivity contribution >= 4 is 41.5 Å². The van der Waals surface area contributed by atoms with Crippen molar-refractivity contribution in [1.29, 1.82) is 0 Å². The van der Waals surface area contributed by atoms with Crippen LogP contribution < -0.4 is 15.4 Å². The van der Waals surface area contributed by atoms with Crippen LogP contribution in [0.4, 0.5) is 8.78 Å². The summed E-state index contributed by atoms with van der Waals surface area (Å²) in [6, 6.07) is 2.20. The molecule has 136 valence electrons. The first kappa shape index (κ1) is 21.2. The molecule has 1 aromatic rings. The van der Waals surface area contributed by atoms with Gasteiger partial charge in [0.25, 0.3) is 0 Å². The lowest BCUT2D eigenvalue weighted by Gasteiger charge is -2.29. The molecule has 24 heavy (non-hydrogen) atoms. The zero-order chi connectivity index (χ0) is 17.0. The molecule has 1 aliphatic rings. The van der Waals surface area contributed by atoms with Crippen LogP contribution >= 0.6 is 35.6 Å². The Hall–Kier alpha value is -0.860. The van der Waals surface area contributed by atoms with Crippen molar-refractivity contribution in [1.82, 2.24) is 10.6 Å². The molecule has 1 heterocycles. The van der Waals surface area contributed by atoms with E-state index in [0.717, 1.165) is 0 Å². The maximum absolute atomic E-state index is 12.5. The Kier molecular flexibility index (Phi) is 8.45. The molecule has 2 N–H and O–H groups in total. The topological polar surface area (TPSA) is 59.6 Å². The summed E-state index contributed by atoms with van der Waals surface area (Å²) < 4.78 is 34.8. The first-order valence-electron chi connectivity index (χ1n) is 6.94. The lowest BCUT2D eigenvalue weighted by atomic mass is 10.1. The minimum Gasteiger partial charge on any atom is -0.433 e. The number of benzene rings is 1. The SMILES string of the molecule is C[C@H]1OCCN[C@@H]1C(=O)NCc1cc(Cl)cc(Cl)c1OC(F)F.Cl. The maximum atomic E-state index is 12.5. The number of hydrogen-bond acceptors (Lipinski definition) is 4. The van der Waals surface area contributed by atoms with E-state index >= 15 is 0 Å². The van der Waals surface area contributed by atoms with Gasteiger partial charge in [-0.05, 0) is 19.1 Å². The van der Waals surface area contributed by atoms with E-state index in [1.54, 1.807) is 6.92 Å². The molecule has 0 saturated carbocycles. The van der Waals surface area contributed by atoms with Crippen LogP contribution in [-0.2, 0) is 16.1 Å². The molecule has 1 saturated heterocycles. The molecule has 10 heteroatoms. The lowest BCUT2D eigenvalue weighted by Crippen LogP contribution is -2.55. The highest BCUT2D eigenvalue weighted by Gasteiger charge is 2.28. The number of ether oxygens (including phenoxy) is 2. The fraction of sp³-hybridized carbons (Fsp3) is 0.500. The average Bonchev–Trinajstić information content (AvgIpc) is 2.48.